The van der Waals surface area contributed by atoms with E-state index in [0.29, 0.717) is 10.2 Å². The zero-order chi connectivity index (χ0) is 11.7. The summed E-state index contributed by atoms with van der Waals surface area (Å²) in [6.45, 7) is 0. The van der Waals surface area contributed by atoms with E-state index in [1.807, 2.05) is 0 Å². The van der Waals surface area contributed by atoms with E-state index >= 15 is 0 Å². The lowest BCUT2D eigenvalue weighted by Gasteiger charge is -2.06. The number of benzene rings is 2. The normalized spacial score (nSPS) is 10.4. The molecule has 16 heavy (non-hydrogen) atoms. The fourth-order valence-corrected chi connectivity index (χ4v) is 1.81. The Kier molecular flexibility index (Phi) is 2.92. The van der Waals surface area contributed by atoms with Gasteiger partial charge in [-0.1, -0.05) is 15.9 Å². The quantitative estimate of drug-likeness (QED) is 0.788. The molecule has 0 unspecified atom stereocenters. The van der Waals surface area contributed by atoms with Crippen LogP contribution in [0, 0.1) is 11.6 Å². The van der Waals surface area contributed by atoms with E-state index in [2.05, 4.69) is 15.9 Å². The Balaban J connectivity index is 2.62. The fraction of sp³-hybridized carbons (Fsp3) is 0. The lowest BCUT2D eigenvalue weighted by molar-refractivity contribution is 0.616. The zero-order valence-corrected chi connectivity index (χ0v) is 9.76. The minimum Gasteiger partial charge on any atom is -0.399 e. The molecule has 0 atom stereocenters. The van der Waals surface area contributed by atoms with Gasteiger partial charge in [-0.25, -0.2) is 8.78 Å². The topological polar surface area (TPSA) is 26.0 Å². The Hall–Kier alpha value is -1.42. The van der Waals surface area contributed by atoms with Crippen LogP contribution in [0.5, 0.6) is 0 Å². The van der Waals surface area contributed by atoms with Gasteiger partial charge < -0.3 is 5.73 Å². The third kappa shape index (κ3) is 2.07. The zero-order valence-electron chi connectivity index (χ0n) is 8.18. The molecule has 0 saturated carbocycles. The molecule has 2 aromatic rings. The summed E-state index contributed by atoms with van der Waals surface area (Å²) in [4.78, 5) is 0. The molecule has 82 valence electrons. The Bertz CT molecular complexity index is 541. The number of rotatable bonds is 1. The predicted octanol–water partition coefficient (Wildman–Crippen LogP) is 3.98. The van der Waals surface area contributed by atoms with Gasteiger partial charge in [0, 0.05) is 21.3 Å². The van der Waals surface area contributed by atoms with E-state index in [-0.39, 0.29) is 11.1 Å². The van der Waals surface area contributed by atoms with E-state index < -0.39 is 11.6 Å². The van der Waals surface area contributed by atoms with Gasteiger partial charge in [0.1, 0.15) is 11.6 Å². The molecule has 2 N–H and O–H groups in total. The van der Waals surface area contributed by atoms with Crippen LogP contribution in [0.15, 0.2) is 40.9 Å². The SMILES string of the molecule is Nc1ccc(-c2cc(Br)ccc2F)c(F)c1. The number of nitrogens with two attached hydrogens (primary N) is 1. The second kappa shape index (κ2) is 4.22. The first-order chi connectivity index (χ1) is 7.58. The van der Waals surface area contributed by atoms with Crippen LogP contribution in [0.3, 0.4) is 0 Å². The van der Waals surface area contributed by atoms with Crippen LogP contribution in [0.1, 0.15) is 0 Å². The summed E-state index contributed by atoms with van der Waals surface area (Å²) in [5.74, 6) is -0.996. The van der Waals surface area contributed by atoms with Gasteiger partial charge in [-0.2, -0.15) is 0 Å². The summed E-state index contributed by atoms with van der Waals surface area (Å²) in [6.07, 6.45) is 0. The van der Waals surface area contributed by atoms with Gasteiger partial charge >= 0.3 is 0 Å². The number of anilines is 1. The monoisotopic (exact) mass is 283 g/mol. The summed E-state index contributed by atoms with van der Waals surface area (Å²) in [7, 11) is 0. The van der Waals surface area contributed by atoms with Crippen molar-refractivity contribution >= 4 is 21.6 Å². The van der Waals surface area contributed by atoms with Crippen molar-refractivity contribution in [3.05, 3.63) is 52.5 Å². The number of hydrogen-bond acceptors (Lipinski definition) is 1. The van der Waals surface area contributed by atoms with Gasteiger partial charge in [-0.05, 0) is 36.4 Å². The van der Waals surface area contributed by atoms with Gasteiger partial charge in [0.2, 0.25) is 0 Å². The Labute approximate surface area is 100 Å². The van der Waals surface area contributed by atoms with Crippen LogP contribution < -0.4 is 5.73 Å². The van der Waals surface area contributed by atoms with Crippen molar-refractivity contribution in [2.24, 2.45) is 0 Å². The second-order valence-corrected chi connectivity index (χ2v) is 4.28. The summed E-state index contributed by atoms with van der Waals surface area (Å²) < 4.78 is 27.8. The molecule has 0 aromatic heterocycles. The van der Waals surface area contributed by atoms with Crippen LogP contribution in [0.25, 0.3) is 11.1 Å². The van der Waals surface area contributed by atoms with Crippen LogP contribution in [0.2, 0.25) is 0 Å². The molecule has 0 heterocycles. The molecule has 0 saturated heterocycles. The minimum atomic E-state index is -0.531. The molecular formula is C12H8BrF2N. The Morgan fingerprint density at radius 1 is 0.875 bits per heavy atom. The molecule has 0 aliphatic heterocycles. The van der Waals surface area contributed by atoms with Crippen LogP contribution in [-0.4, -0.2) is 0 Å². The highest BCUT2D eigenvalue weighted by atomic mass is 79.9. The van der Waals surface area contributed by atoms with Crippen LogP contribution in [-0.2, 0) is 0 Å². The van der Waals surface area contributed by atoms with Crippen molar-refractivity contribution < 1.29 is 8.78 Å². The summed E-state index contributed by atoms with van der Waals surface area (Å²) in [5, 5.41) is 0. The van der Waals surface area contributed by atoms with E-state index in [0.717, 1.165) is 0 Å². The van der Waals surface area contributed by atoms with Crippen molar-refractivity contribution in [3.63, 3.8) is 0 Å². The van der Waals surface area contributed by atoms with Gasteiger partial charge in [-0.15, -0.1) is 0 Å². The average molecular weight is 284 g/mol. The van der Waals surface area contributed by atoms with Crippen molar-refractivity contribution in [1.82, 2.24) is 0 Å². The molecular weight excluding hydrogens is 276 g/mol. The molecule has 0 amide bonds. The standard InChI is InChI=1S/C12H8BrF2N/c13-7-1-4-11(14)10(5-7)9-3-2-8(16)6-12(9)15/h1-6H,16H2. The molecule has 2 rings (SSSR count). The maximum Gasteiger partial charge on any atom is 0.133 e. The molecule has 0 radical (unpaired) electrons. The van der Waals surface area contributed by atoms with Gasteiger partial charge in [0.05, 0.1) is 0 Å². The predicted molar refractivity (Wildman–Crippen MR) is 63.9 cm³/mol. The fourth-order valence-electron chi connectivity index (χ4n) is 1.45. The average Bonchev–Trinajstić information content (AvgIpc) is 2.22. The Morgan fingerprint density at radius 3 is 2.31 bits per heavy atom. The van der Waals surface area contributed by atoms with Gasteiger partial charge in [0.25, 0.3) is 0 Å². The first kappa shape index (κ1) is 11.1. The van der Waals surface area contributed by atoms with Crippen LogP contribution >= 0.6 is 15.9 Å². The molecule has 0 aliphatic rings. The Morgan fingerprint density at radius 2 is 1.62 bits per heavy atom. The van der Waals surface area contributed by atoms with Crippen molar-refractivity contribution in [3.8, 4) is 11.1 Å². The first-order valence-electron chi connectivity index (χ1n) is 4.58. The number of nitrogen functional groups attached to an aromatic ring is 1. The largest absolute Gasteiger partial charge is 0.399 e. The lowest BCUT2D eigenvalue weighted by atomic mass is 10.0. The number of hydrogen-bond donors (Lipinski definition) is 1. The lowest BCUT2D eigenvalue weighted by Crippen LogP contribution is -1.91. The first-order valence-corrected chi connectivity index (χ1v) is 5.37. The summed E-state index contributed by atoms with van der Waals surface area (Å²) in [5.41, 5.74) is 6.16. The summed E-state index contributed by atoms with van der Waals surface area (Å²) in [6, 6.07) is 8.57. The molecule has 0 bridgehead atoms. The minimum absolute atomic E-state index is 0.202. The molecule has 0 fully saturated rings. The molecule has 1 nitrogen and oxygen atoms in total. The van der Waals surface area contributed by atoms with Gasteiger partial charge in [0.15, 0.2) is 0 Å². The maximum atomic E-state index is 13.6. The molecule has 0 spiro atoms. The highest BCUT2D eigenvalue weighted by molar-refractivity contribution is 9.10. The van der Waals surface area contributed by atoms with E-state index in [9.17, 15) is 8.78 Å². The van der Waals surface area contributed by atoms with E-state index in [1.54, 1.807) is 12.1 Å². The second-order valence-electron chi connectivity index (χ2n) is 3.36. The molecule has 4 heteroatoms. The van der Waals surface area contributed by atoms with Crippen molar-refractivity contribution in [2.45, 2.75) is 0 Å². The highest BCUT2D eigenvalue weighted by Gasteiger charge is 2.10. The summed E-state index contributed by atoms with van der Waals surface area (Å²) >= 11 is 3.22. The molecule has 2 aromatic carbocycles. The van der Waals surface area contributed by atoms with Crippen LogP contribution in [0.4, 0.5) is 14.5 Å². The highest BCUT2D eigenvalue weighted by Crippen LogP contribution is 2.29. The van der Waals surface area contributed by atoms with Crippen molar-refractivity contribution in [1.29, 1.82) is 0 Å². The smallest absolute Gasteiger partial charge is 0.133 e. The van der Waals surface area contributed by atoms with E-state index in [4.69, 9.17) is 5.73 Å². The van der Waals surface area contributed by atoms with Gasteiger partial charge in [-0.3, -0.25) is 0 Å². The molecule has 0 aliphatic carbocycles. The third-order valence-corrected chi connectivity index (χ3v) is 2.70. The van der Waals surface area contributed by atoms with Crippen molar-refractivity contribution in [2.75, 3.05) is 5.73 Å². The number of halogens is 3. The maximum absolute atomic E-state index is 13.6. The third-order valence-electron chi connectivity index (χ3n) is 2.21. The van der Waals surface area contributed by atoms with E-state index in [1.165, 1.54) is 24.3 Å².